The first-order chi connectivity index (χ1) is 13.8. The maximum Gasteiger partial charge on any atom is 0.495 e. The number of benzene rings is 1. The molecule has 1 saturated heterocycles. The number of ether oxygens (including phenoxy) is 6. The Labute approximate surface area is 173 Å². The molecule has 29 heavy (non-hydrogen) atoms. The van der Waals surface area contributed by atoms with E-state index in [-0.39, 0.29) is 13.6 Å². The number of hydrogen-bond acceptors (Lipinski definition) is 8. The zero-order valence-corrected chi connectivity index (χ0v) is 18.3. The second kappa shape index (κ2) is 11.1. The third kappa shape index (κ3) is 7.13. The molecule has 1 aliphatic rings. The topological polar surface area (TPSA) is 73.8 Å². The molecule has 1 heterocycles. The van der Waals surface area contributed by atoms with Gasteiger partial charge in [-0.25, -0.2) is 0 Å². The molecule has 0 bridgehead atoms. The normalized spacial score (nSPS) is 17.5. The van der Waals surface area contributed by atoms with Crippen molar-refractivity contribution in [1.82, 2.24) is 0 Å². The summed E-state index contributed by atoms with van der Waals surface area (Å²) in [7, 11) is 2.71. The molecule has 9 heteroatoms. The smallest absolute Gasteiger partial charge is 0.467 e. The Morgan fingerprint density at radius 1 is 0.724 bits per heavy atom. The van der Waals surface area contributed by atoms with Crippen molar-refractivity contribution in [1.29, 1.82) is 0 Å². The lowest BCUT2D eigenvalue weighted by atomic mass is 9.79. The van der Waals surface area contributed by atoms with Crippen LogP contribution in [-0.4, -0.2) is 72.6 Å². The highest BCUT2D eigenvalue weighted by Gasteiger charge is 2.51. The van der Waals surface area contributed by atoms with E-state index in [2.05, 4.69) is 0 Å². The molecule has 1 fully saturated rings. The van der Waals surface area contributed by atoms with Crippen LogP contribution in [0.5, 0.6) is 11.5 Å². The van der Waals surface area contributed by atoms with E-state index in [4.69, 9.17) is 37.7 Å². The second-order valence-electron chi connectivity index (χ2n) is 7.65. The minimum absolute atomic E-state index is 0.0972. The van der Waals surface area contributed by atoms with Crippen LogP contribution in [0, 0.1) is 0 Å². The van der Waals surface area contributed by atoms with E-state index >= 15 is 0 Å². The molecular formula is C20H33BO8. The fourth-order valence-electron chi connectivity index (χ4n) is 2.50. The summed E-state index contributed by atoms with van der Waals surface area (Å²) >= 11 is 0. The summed E-state index contributed by atoms with van der Waals surface area (Å²) in [6.45, 7) is 10.1. The number of methoxy groups -OCH3 is 2. The minimum Gasteiger partial charge on any atom is -0.467 e. The van der Waals surface area contributed by atoms with Gasteiger partial charge in [-0.2, -0.15) is 0 Å². The molecule has 0 N–H and O–H groups in total. The average molecular weight is 412 g/mol. The van der Waals surface area contributed by atoms with Crippen LogP contribution in [0.3, 0.4) is 0 Å². The molecule has 1 aromatic carbocycles. The van der Waals surface area contributed by atoms with E-state index in [1.807, 2.05) is 39.8 Å². The Bertz CT molecular complexity index is 574. The molecule has 1 aliphatic heterocycles. The Kier molecular flexibility index (Phi) is 9.20. The Morgan fingerprint density at radius 3 is 1.59 bits per heavy atom. The van der Waals surface area contributed by atoms with Crippen molar-refractivity contribution in [2.24, 2.45) is 0 Å². The molecule has 0 atom stereocenters. The molecule has 164 valence electrons. The van der Waals surface area contributed by atoms with Gasteiger partial charge in [0.05, 0.1) is 37.6 Å². The predicted molar refractivity (Wildman–Crippen MR) is 109 cm³/mol. The molecule has 0 spiro atoms. The lowest BCUT2D eigenvalue weighted by Crippen LogP contribution is -2.41. The van der Waals surface area contributed by atoms with Gasteiger partial charge in [-0.15, -0.1) is 0 Å². The van der Waals surface area contributed by atoms with Crippen LogP contribution in [0.4, 0.5) is 0 Å². The van der Waals surface area contributed by atoms with E-state index < -0.39 is 18.3 Å². The van der Waals surface area contributed by atoms with Gasteiger partial charge in [0, 0.05) is 20.3 Å². The van der Waals surface area contributed by atoms with Crippen molar-refractivity contribution in [3.05, 3.63) is 18.2 Å². The van der Waals surface area contributed by atoms with E-state index in [0.717, 1.165) is 5.46 Å². The molecule has 0 amide bonds. The maximum absolute atomic E-state index is 6.15. The van der Waals surface area contributed by atoms with Crippen molar-refractivity contribution < 1.29 is 37.7 Å². The highest BCUT2D eigenvalue weighted by atomic mass is 16.7. The van der Waals surface area contributed by atoms with Crippen molar-refractivity contribution in [3.8, 4) is 11.5 Å². The van der Waals surface area contributed by atoms with Crippen LogP contribution in [0.25, 0.3) is 0 Å². The largest absolute Gasteiger partial charge is 0.495 e. The van der Waals surface area contributed by atoms with Crippen molar-refractivity contribution in [2.45, 2.75) is 38.9 Å². The summed E-state index contributed by atoms with van der Waals surface area (Å²) in [5.74, 6) is 1.17. The van der Waals surface area contributed by atoms with Gasteiger partial charge in [0.25, 0.3) is 0 Å². The summed E-state index contributed by atoms with van der Waals surface area (Å²) in [5.41, 5.74) is -0.0885. The second-order valence-corrected chi connectivity index (χ2v) is 7.65. The molecule has 0 unspecified atom stereocenters. The van der Waals surface area contributed by atoms with Crippen LogP contribution in [0.15, 0.2) is 18.2 Å². The lowest BCUT2D eigenvalue weighted by Gasteiger charge is -2.32. The summed E-state index contributed by atoms with van der Waals surface area (Å²) in [6, 6.07) is 5.50. The van der Waals surface area contributed by atoms with Gasteiger partial charge in [0.1, 0.15) is 11.5 Å². The summed E-state index contributed by atoms with van der Waals surface area (Å²) < 4.78 is 44.4. The first kappa shape index (κ1) is 23.9. The minimum atomic E-state index is -0.533. The van der Waals surface area contributed by atoms with Crippen LogP contribution < -0.4 is 14.9 Å². The summed E-state index contributed by atoms with van der Waals surface area (Å²) in [6.07, 6.45) is 0. The molecule has 8 nitrogen and oxygen atoms in total. The summed E-state index contributed by atoms with van der Waals surface area (Å²) in [5, 5.41) is 0. The van der Waals surface area contributed by atoms with Gasteiger partial charge >= 0.3 is 7.12 Å². The molecule has 0 radical (unpaired) electrons. The fraction of sp³-hybridized carbons (Fsp3) is 0.700. The van der Waals surface area contributed by atoms with E-state index in [1.54, 1.807) is 20.3 Å². The zero-order chi connectivity index (χ0) is 21.3. The monoisotopic (exact) mass is 412 g/mol. The quantitative estimate of drug-likeness (QED) is 0.277. The van der Waals surface area contributed by atoms with Crippen LogP contribution in [0.1, 0.15) is 27.7 Å². The molecule has 0 saturated carbocycles. The highest BCUT2D eigenvalue weighted by Crippen LogP contribution is 2.37. The Hall–Kier alpha value is -1.36. The first-order valence-electron chi connectivity index (χ1n) is 9.68. The standard InChI is InChI=1S/C20H33BO8/c1-19(2)20(3,4)29-21(28-19)16-11-17(26-14-24-9-7-22-5)13-18(12-16)27-15-25-10-8-23-6/h11-13H,7-10,14-15H2,1-6H3. The summed E-state index contributed by atoms with van der Waals surface area (Å²) in [4.78, 5) is 0. The van der Waals surface area contributed by atoms with Gasteiger partial charge in [0.2, 0.25) is 0 Å². The third-order valence-electron chi connectivity index (χ3n) is 4.91. The first-order valence-corrected chi connectivity index (χ1v) is 9.68. The third-order valence-corrected chi connectivity index (χ3v) is 4.91. The predicted octanol–water partition coefficient (Wildman–Crippen LogP) is 1.98. The highest BCUT2D eigenvalue weighted by molar-refractivity contribution is 6.62. The lowest BCUT2D eigenvalue weighted by molar-refractivity contribution is -0.0116. The van der Waals surface area contributed by atoms with Crippen molar-refractivity contribution in [2.75, 3.05) is 54.2 Å². The van der Waals surface area contributed by atoms with Gasteiger partial charge < -0.3 is 37.7 Å². The van der Waals surface area contributed by atoms with E-state index in [9.17, 15) is 0 Å². The van der Waals surface area contributed by atoms with Crippen molar-refractivity contribution in [3.63, 3.8) is 0 Å². The molecular weight excluding hydrogens is 379 g/mol. The van der Waals surface area contributed by atoms with E-state index in [1.165, 1.54) is 0 Å². The van der Waals surface area contributed by atoms with Crippen LogP contribution >= 0.6 is 0 Å². The molecule has 1 aromatic rings. The zero-order valence-electron chi connectivity index (χ0n) is 18.3. The Balaban J connectivity index is 2.07. The average Bonchev–Trinajstić information content (AvgIpc) is 2.89. The molecule has 0 aliphatic carbocycles. The number of rotatable bonds is 13. The van der Waals surface area contributed by atoms with Crippen molar-refractivity contribution >= 4 is 12.6 Å². The molecule has 2 rings (SSSR count). The number of hydrogen-bond donors (Lipinski definition) is 0. The van der Waals surface area contributed by atoms with Crippen LogP contribution in [-0.2, 0) is 28.3 Å². The van der Waals surface area contributed by atoms with Gasteiger partial charge in [-0.05, 0) is 45.3 Å². The Morgan fingerprint density at radius 2 is 1.17 bits per heavy atom. The maximum atomic E-state index is 6.15. The van der Waals surface area contributed by atoms with Gasteiger partial charge in [0.15, 0.2) is 13.6 Å². The van der Waals surface area contributed by atoms with E-state index in [0.29, 0.717) is 37.9 Å². The fourth-order valence-corrected chi connectivity index (χ4v) is 2.50. The van der Waals surface area contributed by atoms with Gasteiger partial charge in [-0.1, -0.05) is 0 Å². The van der Waals surface area contributed by atoms with Gasteiger partial charge in [-0.3, -0.25) is 0 Å². The van der Waals surface area contributed by atoms with Crippen LogP contribution in [0.2, 0.25) is 0 Å². The SMILES string of the molecule is COCCOCOc1cc(OCOCCOC)cc(B2OC(C)(C)C(C)(C)O2)c1. The molecule has 0 aromatic heterocycles.